The maximum Gasteiger partial charge on any atom is 0.289 e. The van der Waals surface area contributed by atoms with Crippen LogP contribution < -0.4 is 5.43 Å². The summed E-state index contributed by atoms with van der Waals surface area (Å²) in [4.78, 5) is 22.5. The van der Waals surface area contributed by atoms with Crippen molar-refractivity contribution in [3.05, 3.63) is 81.5 Å². The Morgan fingerprint density at radius 2 is 2.00 bits per heavy atom. The second-order valence-corrected chi connectivity index (χ2v) is 5.49. The van der Waals surface area contributed by atoms with Gasteiger partial charge in [0, 0.05) is 28.8 Å². The number of non-ortho nitro benzene ring substituents is 1. The highest BCUT2D eigenvalue weighted by Crippen LogP contribution is 2.22. The Bertz CT molecular complexity index is 980. The van der Waals surface area contributed by atoms with Gasteiger partial charge in [-0.1, -0.05) is 42.5 Å². The van der Waals surface area contributed by atoms with E-state index in [1.807, 2.05) is 30.3 Å². The molecule has 0 radical (unpaired) electrons. The number of H-pyrrole nitrogens is 1. The number of hydrogen-bond donors (Lipinski definition) is 2. The molecule has 0 unspecified atom stereocenters. The number of amides is 1. The van der Waals surface area contributed by atoms with Crippen LogP contribution in [-0.2, 0) is 0 Å². The summed E-state index contributed by atoms with van der Waals surface area (Å²) in [5, 5.41) is 21.5. The molecule has 2 aromatic carbocycles. The highest BCUT2D eigenvalue weighted by molar-refractivity contribution is 5.96. The summed E-state index contributed by atoms with van der Waals surface area (Å²) in [6.07, 6.45) is 1.34. The van der Waals surface area contributed by atoms with Crippen LogP contribution in [0.1, 0.15) is 21.6 Å². The monoisotopic (exact) mass is 349 g/mol. The molecule has 8 heteroatoms. The fourth-order valence-electron chi connectivity index (χ4n) is 2.44. The summed E-state index contributed by atoms with van der Waals surface area (Å²) < 4.78 is 0. The zero-order valence-corrected chi connectivity index (χ0v) is 13.8. The maximum atomic E-state index is 12.3. The number of benzene rings is 2. The average Bonchev–Trinajstić information content (AvgIpc) is 3.04. The van der Waals surface area contributed by atoms with E-state index in [4.69, 9.17) is 0 Å². The number of carbonyl (C=O) groups excluding carboxylic acids is 1. The summed E-state index contributed by atoms with van der Waals surface area (Å²) in [6, 6.07) is 15.5. The summed E-state index contributed by atoms with van der Waals surface area (Å²) in [7, 11) is 0. The van der Waals surface area contributed by atoms with Gasteiger partial charge >= 0.3 is 0 Å². The van der Waals surface area contributed by atoms with Crippen LogP contribution in [-0.4, -0.2) is 27.2 Å². The molecule has 1 amide bonds. The highest BCUT2D eigenvalue weighted by Gasteiger charge is 2.16. The van der Waals surface area contributed by atoms with Crippen molar-refractivity contribution in [2.24, 2.45) is 5.10 Å². The summed E-state index contributed by atoms with van der Waals surface area (Å²) in [6.45, 7) is 1.80. The Balaban J connectivity index is 1.72. The molecule has 1 heterocycles. The molecule has 130 valence electrons. The first-order valence-electron chi connectivity index (χ1n) is 7.74. The smallest absolute Gasteiger partial charge is 0.272 e. The lowest BCUT2D eigenvalue weighted by molar-refractivity contribution is -0.384. The number of carbonyl (C=O) groups is 1. The minimum atomic E-state index is -0.491. The summed E-state index contributed by atoms with van der Waals surface area (Å²) in [5.74, 6) is -0.445. The SMILES string of the molecule is Cc1c(-c2ccccc2)n[nH]c1C(=O)N/N=C\c1cccc([N+](=O)[O-])c1. The van der Waals surface area contributed by atoms with E-state index < -0.39 is 10.8 Å². The predicted molar refractivity (Wildman–Crippen MR) is 96.9 cm³/mol. The lowest BCUT2D eigenvalue weighted by atomic mass is 10.1. The second-order valence-electron chi connectivity index (χ2n) is 5.49. The van der Waals surface area contributed by atoms with Crippen molar-refractivity contribution in [3.8, 4) is 11.3 Å². The molecule has 2 N–H and O–H groups in total. The molecule has 0 aliphatic rings. The van der Waals surface area contributed by atoms with E-state index in [0.29, 0.717) is 22.5 Å². The van der Waals surface area contributed by atoms with Crippen molar-refractivity contribution >= 4 is 17.8 Å². The minimum Gasteiger partial charge on any atom is -0.272 e. The lowest BCUT2D eigenvalue weighted by Crippen LogP contribution is -2.19. The third kappa shape index (κ3) is 3.64. The van der Waals surface area contributed by atoms with Crippen molar-refractivity contribution in [1.82, 2.24) is 15.6 Å². The van der Waals surface area contributed by atoms with Crippen LogP contribution >= 0.6 is 0 Å². The molecule has 0 saturated heterocycles. The van der Waals surface area contributed by atoms with Gasteiger partial charge in [0.25, 0.3) is 11.6 Å². The number of nitrogens with zero attached hydrogens (tertiary/aromatic N) is 3. The van der Waals surface area contributed by atoms with Crippen LogP contribution in [0.25, 0.3) is 11.3 Å². The van der Waals surface area contributed by atoms with E-state index in [2.05, 4.69) is 20.7 Å². The van der Waals surface area contributed by atoms with E-state index >= 15 is 0 Å². The van der Waals surface area contributed by atoms with E-state index in [1.54, 1.807) is 19.1 Å². The molecule has 3 aromatic rings. The molecule has 1 aromatic heterocycles. The van der Waals surface area contributed by atoms with Crippen molar-refractivity contribution in [2.45, 2.75) is 6.92 Å². The Hall–Kier alpha value is -3.81. The fraction of sp³-hybridized carbons (Fsp3) is 0.0556. The molecule has 0 aliphatic carbocycles. The van der Waals surface area contributed by atoms with Gasteiger partial charge in [0.05, 0.1) is 16.8 Å². The second kappa shape index (κ2) is 7.39. The predicted octanol–water partition coefficient (Wildman–Crippen LogP) is 3.06. The Morgan fingerprint density at radius 3 is 2.73 bits per heavy atom. The third-order valence-electron chi connectivity index (χ3n) is 3.74. The molecule has 0 saturated carbocycles. The number of rotatable bonds is 5. The van der Waals surface area contributed by atoms with Crippen molar-refractivity contribution < 1.29 is 9.72 Å². The zero-order valence-electron chi connectivity index (χ0n) is 13.8. The van der Waals surface area contributed by atoms with Crippen molar-refractivity contribution in [2.75, 3.05) is 0 Å². The van der Waals surface area contributed by atoms with Gasteiger partial charge in [0.2, 0.25) is 0 Å². The van der Waals surface area contributed by atoms with Gasteiger partial charge in [-0.2, -0.15) is 10.2 Å². The lowest BCUT2D eigenvalue weighted by Gasteiger charge is -2.00. The van der Waals surface area contributed by atoms with Crippen LogP contribution in [0.4, 0.5) is 5.69 Å². The van der Waals surface area contributed by atoms with Crippen LogP contribution in [0.5, 0.6) is 0 Å². The van der Waals surface area contributed by atoms with Gasteiger partial charge in [-0.25, -0.2) is 5.43 Å². The minimum absolute atomic E-state index is 0.0443. The molecule has 0 atom stereocenters. The normalized spacial score (nSPS) is 10.8. The van der Waals surface area contributed by atoms with Crippen LogP contribution in [0.15, 0.2) is 59.7 Å². The number of aromatic nitrogens is 2. The van der Waals surface area contributed by atoms with Crippen molar-refractivity contribution in [3.63, 3.8) is 0 Å². The Kier molecular flexibility index (Phi) is 4.84. The standard InChI is InChI=1S/C18H15N5O3/c1-12-16(14-7-3-2-4-8-14)20-21-17(12)18(24)22-19-11-13-6-5-9-15(10-13)23(25)26/h2-11H,1H3,(H,20,21)(H,22,24)/b19-11-. The fourth-order valence-corrected chi connectivity index (χ4v) is 2.44. The molecular formula is C18H15N5O3. The molecule has 0 aliphatic heterocycles. The molecule has 0 spiro atoms. The van der Waals surface area contributed by atoms with Crippen molar-refractivity contribution in [1.29, 1.82) is 0 Å². The van der Waals surface area contributed by atoms with E-state index in [0.717, 1.165) is 5.56 Å². The largest absolute Gasteiger partial charge is 0.289 e. The summed E-state index contributed by atoms with van der Waals surface area (Å²) >= 11 is 0. The number of hydrazone groups is 1. The number of hydrogen-bond acceptors (Lipinski definition) is 5. The van der Waals surface area contributed by atoms with Gasteiger partial charge < -0.3 is 0 Å². The maximum absolute atomic E-state index is 12.3. The highest BCUT2D eigenvalue weighted by atomic mass is 16.6. The molecule has 0 fully saturated rings. The van der Waals surface area contributed by atoms with Gasteiger partial charge in [0.1, 0.15) is 5.69 Å². The van der Waals surface area contributed by atoms with E-state index in [-0.39, 0.29) is 5.69 Å². The Morgan fingerprint density at radius 1 is 1.23 bits per heavy atom. The van der Waals surface area contributed by atoms with Crippen LogP contribution in [0.3, 0.4) is 0 Å². The molecular weight excluding hydrogens is 334 g/mol. The molecule has 26 heavy (non-hydrogen) atoms. The van der Waals surface area contributed by atoms with Gasteiger partial charge in [-0.3, -0.25) is 20.0 Å². The first-order valence-corrected chi connectivity index (χ1v) is 7.74. The van der Waals surface area contributed by atoms with E-state index in [1.165, 1.54) is 18.3 Å². The molecule has 0 bridgehead atoms. The van der Waals surface area contributed by atoms with E-state index in [9.17, 15) is 14.9 Å². The van der Waals surface area contributed by atoms with Gasteiger partial charge in [-0.05, 0) is 6.92 Å². The number of nitrogens with one attached hydrogen (secondary N) is 2. The number of aromatic amines is 1. The topological polar surface area (TPSA) is 113 Å². The quantitative estimate of drug-likeness (QED) is 0.418. The first-order chi connectivity index (χ1) is 12.6. The zero-order chi connectivity index (χ0) is 18.5. The third-order valence-corrected chi connectivity index (χ3v) is 3.74. The molecule has 3 rings (SSSR count). The van der Waals surface area contributed by atoms with Gasteiger partial charge in [0.15, 0.2) is 0 Å². The Labute approximate surface area is 148 Å². The number of nitro groups is 1. The average molecular weight is 349 g/mol. The van der Waals surface area contributed by atoms with Crippen LogP contribution in [0, 0.1) is 17.0 Å². The van der Waals surface area contributed by atoms with Crippen LogP contribution in [0.2, 0.25) is 0 Å². The first kappa shape index (κ1) is 17.0. The molecule has 8 nitrogen and oxygen atoms in total. The van der Waals surface area contributed by atoms with Gasteiger partial charge in [-0.15, -0.1) is 0 Å². The summed E-state index contributed by atoms with van der Waals surface area (Å²) in [5.41, 5.74) is 5.46. The number of nitro benzene ring substituents is 1.